The van der Waals surface area contributed by atoms with E-state index in [4.69, 9.17) is 33.6 Å². The number of aromatic nitrogens is 2. The number of ether oxygens (including phenoxy) is 6. The molecule has 49 heavy (non-hydrogen) atoms. The van der Waals surface area contributed by atoms with Crippen molar-refractivity contribution in [1.82, 2.24) is 15.0 Å². The number of nitrogens with zero attached hydrogens (tertiary/aromatic N) is 1. The third-order valence-electron chi connectivity index (χ3n) is 8.36. The first-order chi connectivity index (χ1) is 23.7. The number of hydroxylamine groups is 1. The highest BCUT2D eigenvalue weighted by Gasteiger charge is 2.48. The molecule has 0 spiro atoms. The maximum absolute atomic E-state index is 13.1. The van der Waals surface area contributed by atoms with Gasteiger partial charge in [-0.25, -0.2) is 10.3 Å². The summed E-state index contributed by atoms with van der Waals surface area (Å²) in [6, 6.07) is 24.5. The summed E-state index contributed by atoms with van der Waals surface area (Å²) in [7, 11) is 4.66. The highest BCUT2D eigenvalue weighted by molar-refractivity contribution is 5.74. The molecule has 1 aliphatic rings. The number of nitrogens with one attached hydrogen (secondary N) is 2. The SMILES string of the molecule is COCCO[C@@H]1[C@H](O)[C@@H](COC(c2ccccc2)(c2ccc(OC)cc2)c2ccc(OC)cc2)O[C@H]1c1cn(CC(=O)NO)c(=O)[nH]c1=O. The van der Waals surface area contributed by atoms with Gasteiger partial charge >= 0.3 is 5.69 Å². The third-order valence-corrected chi connectivity index (χ3v) is 8.36. The van der Waals surface area contributed by atoms with Crippen LogP contribution in [-0.4, -0.2) is 85.2 Å². The topological polar surface area (TPSA) is 180 Å². The molecule has 4 N–H and O–H groups in total. The van der Waals surface area contributed by atoms with Crippen molar-refractivity contribution in [2.75, 3.05) is 41.2 Å². The fourth-order valence-electron chi connectivity index (χ4n) is 5.90. The standard InChI is InChI=1S/C35H39N3O11/c1-44-17-18-47-32-30(40)28(49-31(32)27-19-38(20-29(39)37-43)34(42)36-33(27)41)21-48-35(22-7-5-4-6-8-22,23-9-13-25(45-2)14-10-23)24-11-15-26(46-3)16-12-24/h4-16,19,28,30-32,40,43H,17-18,20-21H2,1-3H3,(H,37,39)(H,36,41,42)/t28-,30-,31+,32-/m1/s1. The molecule has 1 fully saturated rings. The zero-order valence-electron chi connectivity index (χ0n) is 27.2. The number of carbonyl (C=O) groups is 1. The van der Waals surface area contributed by atoms with Crippen molar-refractivity contribution in [3.63, 3.8) is 0 Å². The number of rotatable bonds is 15. The highest BCUT2D eigenvalue weighted by atomic mass is 16.6. The normalized spacial score (nSPS) is 19.0. The fourth-order valence-corrected chi connectivity index (χ4v) is 5.90. The summed E-state index contributed by atoms with van der Waals surface area (Å²) in [5.41, 5.74) is 0.784. The van der Waals surface area contributed by atoms with E-state index >= 15 is 0 Å². The fraction of sp³-hybridized carbons (Fsp3) is 0.343. The van der Waals surface area contributed by atoms with Gasteiger partial charge in [0.15, 0.2) is 0 Å². The highest BCUT2D eigenvalue weighted by Crippen LogP contribution is 2.43. The Morgan fingerprint density at radius 3 is 2.04 bits per heavy atom. The number of aliphatic hydroxyl groups is 1. The molecule has 1 aromatic heterocycles. The summed E-state index contributed by atoms with van der Waals surface area (Å²) in [5.74, 6) is 0.412. The second-order valence-corrected chi connectivity index (χ2v) is 11.2. The van der Waals surface area contributed by atoms with E-state index in [0.29, 0.717) is 11.5 Å². The summed E-state index contributed by atoms with van der Waals surface area (Å²) >= 11 is 0. The average Bonchev–Trinajstić information content (AvgIpc) is 3.44. The third kappa shape index (κ3) is 7.59. The van der Waals surface area contributed by atoms with Crippen LogP contribution in [0.5, 0.6) is 11.5 Å². The Balaban J connectivity index is 1.56. The van der Waals surface area contributed by atoms with E-state index in [9.17, 15) is 19.5 Å². The Labute approximate surface area is 281 Å². The summed E-state index contributed by atoms with van der Waals surface area (Å²) in [6.07, 6.45) is -3.45. The van der Waals surface area contributed by atoms with Crippen molar-refractivity contribution >= 4 is 5.91 Å². The van der Waals surface area contributed by atoms with Crippen LogP contribution in [0.4, 0.5) is 0 Å². The molecule has 1 aliphatic heterocycles. The van der Waals surface area contributed by atoms with Gasteiger partial charge in [0, 0.05) is 13.3 Å². The smallest absolute Gasteiger partial charge is 0.328 e. The number of H-pyrrole nitrogens is 1. The molecular weight excluding hydrogens is 638 g/mol. The Morgan fingerprint density at radius 1 is 0.898 bits per heavy atom. The molecule has 0 aliphatic carbocycles. The Bertz CT molecular complexity index is 1750. The van der Waals surface area contributed by atoms with E-state index in [-0.39, 0.29) is 25.4 Å². The quantitative estimate of drug-likeness (QED) is 0.0625. The van der Waals surface area contributed by atoms with Gasteiger partial charge in [-0.3, -0.25) is 24.3 Å². The zero-order chi connectivity index (χ0) is 35.0. The number of hydrogen-bond donors (Lipinski definition) is 4. The van der Waals surface area contributed by atoms with E-state index < -0.39 is 53.7 Å². The minimum Gasteiger partial charge on any atom is -0.497 e. The minimum absolute atomic E-state index is 0.0573. The zero-order valence-corrected chi connectivity index (χ0v) is 27.2. The van der Waals surface area contributed by atoms with E-state index in [2.05, 4.69) is 4.98 Å². The lowest BCUT2D eigenvalue weighted by Gasteiger charge is -2.37. The molecule has 0 saturated carbocycles. The maximum atomic E-state index is 13.1. The summed E-state index contributed by atoms with van der Waals surface area (Å²) in [6.45, 7) is -0.518. The van der Waals surface area contributed by atoms with E-state index in [1.807, 2.05) is 78.9 Å². The van der Waals surface area contributed by atoms with Crippen LogP contribution in [0.15, 0.2) is 94.6 Å². The Hall–Kier alpha value is -4.83. The van der Waals surface area contributed by atoms with Gasteiger partial charge in [0.05, 0.1) is 39.6 Å². The van der Waals surface area contributed by atoms with Gasteiger partial charge < -0.3 is 33.5 Å². The molecule has 0 unspecified atom stereocenters. The minimum atomic E-state index is -1.30. The Kier molecular flexibility index (Phi) is 11.6. The molecule has 14 heteroatoms. The Morgan fingerprint density at radius 2 is 1.49 bits per heavy atom. The lowest BCUT2D eigenvalue weighted by Crippen LogP contribution is -2.41. The molecule has 2 heterocycles. The van der Waals surface area contributed by atoms with Crippen LogP contribution < -0.4 is 26.2 Å². The monoisotopic (exact) mass is 677 g/mol. The van der Waals surface area contributed by atoms with E-state index in [1.54, 1.807) is 14.2 Å². The number of hydrogen-bond acceptors (Lipinski definition) is 11. The van der Waals surface area contributed by atoms with Crippen LogP contribution in [-0.2, 0) is 35.9 Å². The number of carbonyl (C=O) groups excluding carboxylic acids is 1. The molecule has 1 saturated heterocycles. The van der Waals surface area contributed by atoms with Crippen LogP contribution in [0.1, 0.15) is 28.4 Å². The van der Waals surface area contributed by atoms with Crippen molar-refractivity contribution in [3.8, 4) is 11.5 Å². The van der Waals surface area contributed by atoms with Crippen LogP contribution in [0.3, 0.4) is 0 Å². The number of benzene rings is 3. The van der Waals surface area contributed by atoms with E-state index in [0.717, 1.165) is 27.5 Å². The molecule has 4 atom stereocenters. The summed E-state index contributed by atoms with van der Waals surface area (Å²) < 4.78 is 36.1. The second-order valence-electron chi connectivity index (χ2n) is 11.2. The van der Waals surface area contributed by atoms with Gasteiger partial charge in [-0.15, -0.1) is 0 Å². The molecule has 0 radical (unpaired) electrons. The molecule has 260 valence electrons. The number of amides is 1. The largest absolute Gasteiger partial charge is 0.497 e. The average molecular weight is 678 g/mol. The number of aliphatic hydroxyl groups excluding tert-OH is 1. The van der Waals surface area contributed by atoms with Crippen molar-refractivity contribution in [3.05, 3.63) is 128 Å². The molecule has 1 amide bonds. The predicted octanol–water partition coefficient (Wildman–Crippen LogP) is 1.90. The van der Waals surface area contributed by atoms with Gasteiger partial charge in [-0.05, 0) is 41.0 Å². The van der Waals surface area contributed by atoms with Gasteiger partial charge in [0.25, 0.3) is 11.5 Å². The van der Waals surface area contributed by atoms with Crippen molar-refractivity contribution in [2.45, 2.75) is 36.6 Å². The molecule has 0 bridgehead atoms. The van der Waals surface area contributed by atoms with Gasteiger partial charge in [-0.1, -0.05) is 54.6 Å². The molecule has 14 nitrogen and oxygen atoms in total. The van der Waals surface area contributed by atoms with Crippen LogP contribution in [0, 0.1) is 0 Å². The number of aromatic amines is 1. The van der Waals surface area contributed by atoms with Crippen LogP contribution in [0.2, 0.25) is 0 Å². The lowest BCUT2D eigenvalue weighted by atomic mass is 9.80. The molecular formula is C35H39N3O11. The first kappa shape index (κ1) is 35.5. The van der Waals surface area contributed by atoms with Crippen LogP contribution in [0.25, 0.3) is 0 Å². The summed E-state index contributed by atoms with van der Waals surface area (Å²) in [4.78, 5) is 39.5. The first-order valence-corrected chi connectivity index (χ1v) is 15.4. The van der Waals surface area contributed by atoms with Crippen molar-refractivity contribution < 1.29 is 43.5 Å². The predicted molar refractivity (Wildman–Crippen MR) is 175 cm³/mol. The first-order valence-electron chi connectivity index (χ1n) is 15.4. The van der Waals surface area contributed by atoms with Gasteiger partial charge in [0.2, 0.25) is 0 Å². The van der Waals surface area contributed by atoms with Crippen LogP contribution >= 0.6 is 0 Å². The molecule has 5 rings (SSSR count). The second kappa shape index (κ2) is 16.0. The molecule has 3 aromatic carbocycles. The van der Waals surface area contributed by atoms with Gasteiger partial charge in [-0.2, -0.15) is 0 Å². The van der Waals surface area contributed by atoms with Gasteiger partial charge in [0.1, 0.15) is 48.1 Å². The van der Waals surface area contributed by atoms with Crippen molar-refractivity contribution in [2.24, 2.45) is 0 Å². The van der Waals surface area contributed by atoms with E-state index in [1.165, 1.54) is 12.6 Å². The summed E-state index contributed by atoms with van der Waals surface area (Å²) in [5, 5.41) is 20.6. The maximum Gasteiger partial charge on any atom is 0.328 e. The lowest BCUT2D eigenvalue weighted by molar-refractivity contribution is -0.129. The molecule has 4 aromatic rings. The number of methoxy groups -OCH3 is 3. The van der Waals surface area contributed by atoms with Crippen molar-refractivity contribution in [1.29, 1.82) is 0 Å².